The van der Waals surface area contributed by atoms with Crippen LogP contribution >= 0.6 is 12.4 Å². The maximum atomic E-state index is 5.87. The molecule has 3 heteroatoms. The second kappa shape index (κ2) is 7.48. The van der Waals surface area contributed by atoms with Gasteiger partial charge in [0.25, 0.3) is 0 Å². The number of hydrogen-bond donors (Lipinski definition) is 1. The number of likely N-dealkylation sites (tertiary alicyclic amines) is 1. The predicted octanol–water partition coefficient (Wildman–Crippen LogP) is 3.90. The van der Waals surface area contributed by atoms with Crippen molar-refractivity contribution in [3.05, 3.63) is 65.7 Å². The summed E-state index contributed by atoms with van der Waals surface area (Å²) in [5.74, 6) is 0. The molecular formula is C18H23ClN2. The normalized spacial score (nSPS) is 18.4. The van der Waals surface area contributed by atoms with E-state index in [0.717, 1.165) is 18.7 Å². The number of rotatable bonds is 4. The van der Waals surface area contributed by atoms with Crippen molar-refractivity contribution in [1.29, 1.82) is 0 Å². The summed E-state index contributed by atoms with van der Waals surface area (Å²) < 4.78 is 0. The van der Waals surface area contributed by atoms with Crippen LogP contribution in [0.25, 0.3) is 0 Å². The summed E-state index contributed by atoms with van der Waals surface area (Å²) in [4.78, 5) is 2.60. The van der Waals surface area contributed by atoms with Crippen LogP contribution in [0.3, 0.4) is 0 Å². The quantitative estimate of drug-likeness (QED) is 0.868. The van der Waals surface area contributed by atoms with Crippen molar-refractivity contribution >= 4 is 18.1 Å². The summed E-state index contributed by atoms with van der Waals surface area (Å²) >= 11 is 0. The van der Waals surface area contributed by atoms with E-state index in [4.69, 9.17) is 5.73 Å². The van der Waals surface area contributed by atoms with Crippen LogP contribution in [0.5, 0.6) is 0 Å². The van der Waals surface area contributed by atoms with Crippen LogP contribution in [0, 0.1) is 0 Å². The molecule has 1 saturated heterocycles. The van der Waals surface area contributed by atoms with E-state index in [1.807, 2.05) is 12.1 Å². The third-order valence-electron chi connectivity index (χ3n) is 4.15. The first-order valence-electron chi connectivity index (χ1n) is 7.43. The Morgan fingerprint density at radius 1 is 1.00 bits per heavy atom. The minimum Gasteiger partial charge on any atom is -0.399 e. The van der Waals surface area contributed by atoms with E-state index in [1.54, 1.807) is 0 Å². The Morgan fingerprint density at radius 2 is 1.76 bits per heavy atom. The molecule has 0 amide bonds. The molecule has 1 heterocycles. The summed E-state index contributed by atoms with van der Waals surface area (Å²) in [5, 5.41) is 0. The molecule has 1 unspecified atom stereocenters. The Bertz CT molecular complexity index is 556. The molecule has 3 rings (SSSR count). The Labute approximate surface area is 133 Å². The number of hydrogen-bond acceptors (Lipinski definition) is 2. The van der Waals surface area contributed by atoms with Crippen LogP contribution in [-0.2, 0) is 13.0 Å². The highest BCUT2D eigenvalue weighted by Gasteiger charge is 2.24. The summed E-state index contributed by atoms with van der Waals surface area (Å²) in [6.45, 7) is 2.22. The van der Waals surface area contributed by atoms with E-state index in [9.17, 15) is 0 Å². The van der Waals surface area contributed by atoms with Crippen LogP contribution in [0.2, 0.25) is 0 Å². The second-order valence-electron chi connectivity index (χ2n) is 5.70. The van der Waals surface area contributed by atoms with Crippen molar-refractivity contribution in [2.24, 2.45) is 0 Å². The van der Waals surface area contributed by atoms with E-state index >= 15 is 0 Å². The Hall–Kier alpha value is -1.51. The number of anilines is 1. The zero-order chi connectivity index (χ0) is 13.8. The number of nitrogens with two attached hydrogens (primary N) is 1. The predicted molar refractivity (Wildman–Crippen MR) is 91.7 cm³/mol. The van der Waals surface area contributed by atoms with Gasteiger partial charge >= 0.3 is 0 Å². The SMILES string of the molecule is Cl.Nc1cccc(CN2CCCC2Cc2ccccc2)c1. The fourth-order valence-electron chi connectivity index (χ4n) is 3.15. The Kier molecular flexibility index (Phi) is 5.66. The fraction of sp³-hybridized carbons (Fsp3) is 0.333. The zero-order valence-corrected chi connectivity index (χ0v) is 13.1. The van der Waals surface area contributed by atoms with Crippen molar-refractivity contribution < 1.29 is 0 Å². The van der Waals surface area contributed by atoms with Gasteiger partial charge in [0.1, 0.15) is 0 Å². The average molecular weight is 303 g/mol. The van der Waals surface area contributed by atoms with Gasteiger partial charge in [-0.05, 0) is 49.1 Å². The number of benzene rings is 2. The van der Waals surface area contributed by atoms with Gasteiger partial charge in [-0.15, -0.1) is 12.4 Å². The Balaban J connectivity index is 0.00000161. The first-order valence-corrected chi connectivity index (χ1v) is 7.43. The maximum Gasteiger partial charge on any atom is 0.0317 e. The van der Waals surface area contributed by atoms with E-state index < -0.39 is 0 Å². The van der Waals surface area contributed by atoms with Crippen molar-refractivity contribution in [1.82, 2.24) is 4.90 Å². The summed E-state index contributed by atoms with van der Waals surface area (Å²) in [5.41, 5.74) is 9.50. The summed E-state index contributed by atoms with van der Waals surface area (Å²) in [6, 6.07) is 19.8. The molecule has 0 radical (unpaired) electrons. The third-order valence-corrected chi connectivity index (χ3v) is 4.15. The molecule has 0 aliphatic carbocycles. The largest absolute Gasteiger partial charge is 0.399 e. The first kappa shape index (κ1) is 15.9. The van der Waals surface area contributed by atoms with Gasteiger partial charge in [-0.1, -0.05) is 42.5 Å². The van der Waals surface area contributed by atoms with Crippen LogP contribution in [-0.4, -0.2) is 17.5 Å². The lowest BCUT2D eigenvalue weighted by Gasteiger charge is -2.24. The highest BCUT2D eigenvalue weighted by molar-refractivity contribution is 5.85. The molecule has 2 N–H and O–H groups in total. The van der Waals surface area contributed by atoms with Crippen LogP contribution in [0.15, 0.2) is 54.6 Å². The van der Waals surface area contributed by atoms with Gasteiger partial charge in [0.05, 0.1) is 0 Å². The van der Waals surface area contributed by atoms with E-state index in [-0.39, 0.29) is 12.4 Å². The number of nitrogens with zero attached hydrogens (tertiary/aromatic N) is 1. The molecule has 1 aliphatic rings. The molecule has 1 aliphatic heterocycles. The van der Waals surface area contributed by atoms with Crippen molar-refractivity contribution in [2.75, 3.05) is 12.3 Å². The van der Waals surface area contributed by atoms with E-state index in [1.165, 1.54) is 30.5 Å². The van der Waals surface area contributed by atoms with Crippen LogP contribution in [0.4, 0.5) is 5.69 Å². The second-order valence-corrected chi connectivity index (χ2v) is 5.70. The van der Waals surface area contributed by atoms with Gasteiger partial charge in [0.2, 0.25) is 0 Å². The number of halogens is 1. The van der Waals surface area contributed by atoms with Crippen molar-refractivity contribution in [2.45, 2.75) is 31.8 Å². The van der Waals surface area contributed by atoms with Gasteiger partial charge < -0.3 is 5.73 Å². The van der Waals surface area contributed by atoms with Gasteiger partial charge in [0.15, 0.2) is 0 Å². The molecule has 112 valence electrons. The molecular weight excluding hydrogens is 280 g/mol. The smallest absolute Gasteiger partial charge is 0.0317 e. The molecule has 1 fully saturated rings. The molecule has 2 aromatic rings. The van der Waals surface area contributed by atoms with Gasteiger partial charge in [-0.3, -0.25) is 4.90 Å². The lowest BCUT2D eigenvalue weighted by molar-refractivity contribution is 0.244. The number of nitrogen functional groups attached to an aromatic ring is 1. The minimum atomic E-state index is 0. The molecule has 0 aromatic heterocycles. The minimum absolute atomic E-state index is 0. The molecule has 0 saturated carbocycles. The Morgan fingerprint density at radius 3 is 2.52 bits per heavy atom. The van der Waals surface area contributed by atoms with Crippen LogP contribution < -0.4 is 5.73 Å². The molecule has 0 bridgehead atoms. The average Bonchev–Trinajstić information content (AvgIpc) is 2.87. The topological polar surface area (TPSA) is 29.3 Å². The van der Waals surface area contributed by atoms with Crippen molar-refractivity contribution in [3.8, 4) is 0 Å². The summed E-state index contributed by atoms with van der Waals surface area (Å²) in [7, 11) is 0. The van der Waals surface area contributed by atoms with Gasteiger partial charge in [-0.2, -0.15) is 0 Å². The van der Waals surface area contributed by atoms with Crippen LogP contribution in [0.1, 0.15) is 24.0 Å². The molecule has 1 atom stereocenters. The van der Waals surface area contributed by atoms with Gasteiger partial charge in [0, 0.05) is 18.3 Å². The third kappa shape index (κ3) is 4.23. The van der Waals surface area contributed by atoms with E-state index in [0.29, 0.717) is 6.04 Å². The fourth-order valence-corrected chi connectivity index (χ4v) is 3.15. The van der Waals surface area contributed by atoms with Crippen molar-refractivity contribution in [3.63, 3.8) is 0 Å². The lowest BCUT2D eigenvalue weighted by Crippen LogP contribution is -2.30. The molecule has 2 aromatic carbocycles. The van der Waals surface area contributed by atoms with Gasteiger partial charge in [-0.25, -0.2) is 0 Å². The molecule has 0 spiro atoms. The first-order chi connectivity index (χ1) is 9.81. The summed E-state index contributed by atoms with van der Waals surface area (Å²) in [6.07, 6.45) is 3.76. The highest BCUT2D eigenvalue weighted by Crippen LogP contribution is 2.23. The van der Waals surface area contributed by atoms with E-state index in [2.05, 4.69) is 47.4 Å². The lowest BCUT2D eigenvalue weighted by atomic mass is 10.0. The zero-order valence-electron chi connectivity index (χ0n) is 12.2. The molecule has 21 heavy (non-hydrogen) atoms. The maximum absolute atomic E-state index is 5.87. The standard InChI is InChI=1S/C18H22N2.ClH/c19-17-9-4-8-16(12-17)14-20-11-5-10-18(20)13-15-6-2-1-3-7-15;/h1-4,6-9,12,18H,5,10-11,13-14,19H2;1H. The highest BCUT2D eigenvalue weighted by atomic mass is 35.5. The monoisotopic (exact) mass is 302 g/mol. The molecule has 2 nitrogen and oxygen atoms in total.